The van der Waals surface area contributed by atoms with Gasteiger partial charge in [0.1, 0.15) is 29.9 Å². The van der Waals surface area contributed by atoms with Crippen molar-refractivity contribution in [3.63, 3.8) is 0 Å². The first-order valence-corrected chi connectivity index (χ1v) is 14.4. The molecule has 1 saturated heterocycles. The molecule has 1 atom stereocenters. The highest BCUT2D eigenvalue weighted by molar-refractivity contribution is 7.70. The van der Waals surface area contributed by atoms with Crippen molar-refractivity contribution in [2.24, 2.45) is 0 Å². The number of pyridine rings is 1. The van der Waals surface area contributed by atoms with Crippen LogP contribution in [0.15, 0.2) is 24.3 Å². The van der Waals surface area contributed by atoms with Gasteiger partial charge in [-0.2, -0.15) is 0 Å². The molecule has 0 radical (unpaired) electrons. The second-order valence-electron chi connectivity index (χ2n) is 9.40. The summed E-state index contributed by atoms with van der Waals surface area (Å²) in [5, 5.41) is 4.75. The molecule has 2 aromatic heterocycles. The van der Waals surface area contributed by atoms with Gasteiger partial charge in [-0.05, 0) is 76.0 Å². The van der Waals surface area contributed by atoms with E-state index in [0.717, 1.165) is 53.9 Å². The second-order valence-corrected chi connectivity index (χ2v) is 13.0. The molecule has 1 N–H and O–H groups in total. The Bertz CT molecular complexity index is 1210. The molecule has 0 amide bonds. The smallest absolute Gasteiger partial charge is 0.166 e. The van der Waals surface area contributed by atoms with Crippen molar-refractivity contribution in [2.45, 2.75) is 57.6 Å². The van der Waals surface area contributed by atoms with E-state index >= 15 is 0 Å². The van der Waals surface area contributed by atoms with Gasteiger partial charge in [0, 0.05) is 23.7 Å². The number of benzene rings is 1. The number of hydrogen-bond donors (Lipinski definition) is 1. The fourth-order valence-electron chi connectivity index (χ4n) is 4.75. The zero-order chi connectivity index (χ0) is 22.5. The summed E-state index contributed by atoms with van der Waals surface area (Å²) in [5.41, 5.74) is 4.35. The van der Waals surface area contributed by atoms with Crippen LogP contribution in [0, 0.1) is 6.92 Å². The van der Waals surface area contributed by atoms with Crippen molar-refractivity contribution in [1.82, 2.24) is 14.5 Å². The molecule has 1 aromatic carbocycles. The summed E-state index contributed by atoms with van der Waals surface area (Å²) in [4.78, 5) is 9.41. The number of nitrogens with one attached hydrogen (secondary N) is 1. The maximum absolute atomic E-state index is 13.2. The van der Waals surface area contributed by atoms with Gasteiger partial charge in [-0.15, -0.1) is 0 Å². The normalized spacial score (nSPS) is 19.8. The number of aromatic nitrogens is 3. The van der Waals surface area contributed by atoms with E-state index in [4.69, 9.17) is 21.3 Å². The van der Waals surface area contributed by atoms with Crippen LogP contribution in [0.25, 0.3) is 11.2 Å². The van der Waals surface area contributed by atoms with E-state index in [1.54, 1.807) is 6.07 Å². The van der Waals surface area contributed by atoms with E-state index in [9.17, 15) is 4.57 Å². The van der Waals surface area contributed by atoms with Crippen LogP contribution >= 0.6 is 18.7 Å². The lowest BCUT2D eigenvalue weighted by Crippen LogP contribution is -2.19. The number of fused-ring (bicyclic) bond motifs is 1. The van der Waals surface area contributed by atoms with Gasteiger partial charge in [0.2, 0.25) is 0 Å². The SMILES string of the molecule is Cc1nc2c(Nc3ccc(C4CCC4)cc3P(C)(C)=O)cc(Cl)nc2n1C1CCCCO1. The predicted octanol–water partition coefficient (Wildman–Crippen LogP) is 6.35. The number of hydrogen-bond acceptors (Lipinski definition) is 5. The Balaban J connectivity index is 1.58. The van der Waals surface area contributed by atoms with Crippen molar-refractivity contribution >= 4 is 46.6 Å². The van der Waals surface area contributed by atoms with Gasteiger partial charge in [0.25, 0.3) is 0 Å². The van der Waals surface area contributed by atoms with Crippen LogP contribution in [0.3, 0.4) is 0 Å². The maximum Gasteiger partial charge on any atom is 0.166 e. The third kappa shape index (κ3) is 4.09. The Hall–Kier alpha value is -1.88. The Labute approximate surface area is 194 Å². The molecule has 8 heteroatoms. The first kappa shape index (κ1) is 21.9. The molecule has 0 spiro atoms. The Morgan fingerprint density at radius 2 is 1.91 bits per heavy atom. The van der Waals surface area contributed by atoms with E-state index in [0.29, 0.717) is 16.7 Å². The second kappa shape index (κ2) is 8.48. The molecule has 5 rings (SSSR count). The minimum Gasteiger partial charge on any atom is -0.358 e. The number of halogens is 1. The van der Waals surface area contributed by atoms with E-state index in [-0.39, 0.29) is 6.23 Å². The highest BCUT2D eigenvalue weighted by Crippen LogP contribution is 2.43. The van der Waals surface area contributed by atoms with Gasteiger partial charge in [0.05, 0.1) is 5.69 Å². The van der Waals surface area contributed by atoms with Crippen molar-refractivity contribution in [2.75, 3.05) is 25.3 Å². The third-order valence-electron chi connectivity index (χ3n) is 6.68. The third-order valence-corrected chi connectivity index (χ3v) is 8.41. The lowest BCUT2D eigenvalue weighted by molar-refractivity contribution is -0.0309. The summed E-state index contributed by atoms with van der Waals surface area (Å²) in [6, 6.07) is 8.14. The zero-order valence-corrected chi connectivity index (χ0v) is 20.5. The lowest BCUT2D eigenvalue weighted by atomic mass is 9.80. The number of ether oxygens (including phenoxy) is 1. The molecule has 2 fully saturated rings. The molecule has 6 nitrogen and oxygen atoms in total. The number of aryl methyl sites for hydroxylation is 1. The van der Waals surface area contributed by atoms with Crippen LogP contribution < -0.4 is 10.6 Å². The van der Waals surface area contributed by atoms with Crippen LogP contribution in [-0.2, 0) is 9.30 Å². The number of imidazole rings is 1. The highest BCUT2D eigenvalue weighted by atomic mass is 35.5. The Morgan fingerprint density at radius 3 is 2.56 bits per heavy atom. The van der Waals surface area contributed by atoms with Crippen LogP contribution in [0.5, 0.6) is 0 Å². The number of nitrogens with zero attached hydrogens (tertiary/aromatic N) is 3. The fraction of sp³-hybridized carbons (Fsp3) is 0.500. The predicted molar refractivity (Wildman–Crippen MR) is 132 cm³/mol. The lowest BCUT2D eigenvalue weighted by Gasteiger charge is -2.27. The van der Waals surface area contributed by atoms with Gasteiger partial charge in [0.15, 0.2) is 5.65 Å². The van der Waals surface area contributed by atoms with Crippen LogP contribution in [0.2, 0.25) is 5.15 Å². The summed E-state index contributed by atoms with van der Waals surface area (Å²) in [6.07, 6.45) is 6.76. The van der Waals surface area contributed by atoms with Crippen molar-refractivity contribution in [3.8, 4) is 0 Å². The Morgan fingerprint density at radius 1 is 1.09 bits per heavy atom. The quantitative estimate of drug-likeness (QED) is 0.346. The molecule has 1 unspecified atom stereocenters. The molecule has 3 aromatic rings. The van der Waals surface area contributed by atoms with Crippen molar-refractivity contribution < 1.29 is 9.30 Å². The number of anilines is 2. The summed E-state index contributed by atoms with van der Waals surface area (Å²) >= 11 is 6.45. The summed E-state index contributed by atoms with van der Waals surface area (Å²) in [5.74, 6) is 1.44. The topological polar surface area (TPSA) is 69.0 Å². The molecule has 2 aliphatic rings. The first-order valence-electron chi connectivity index (χ1n) is 11.4. The molecule has 3 heterocycles. The van der Waals surface area contributed by atoms with Gasteiger partial charge < -0.3 is 14.6 Å². The molecule has 1 saturated carbocycles. The van der Waals surface area contributed by atoms with Crippen molar-refractivity contribution in [3.05, 3.63) is 40.8 Å². The van der Waals surface area contributed by atoms with E-state index in [2.05, 4.69) is 33.1 Å². The summed E-state index contributed by atoms with van der Waals surface area (Å²) in [7, 11) is -2.50. The summed E-state index contributed by atoms with van der Waals surface area (Å²) in [6.45, 7) is 6.37. The van der Waals surface area contributed by atoms with Crippen LogP contribution in [0.4, 0.5) is 11.4 Å². The minimum atomic E-state index is -2.50. The van der Waals surface area contributed by atoms with E-state index in [1.807, 2.05) is 20.3 Å². The van der Waals surface area contributed by atoms with Gasteiger partial charge >= 0.3 is 0 Å². The largest absolute Gasteiger partial charge is 0.358 e. The van der Waals surface area contributed by atoms with Crippen LogP contribution in [-0.4, -0.2) is 34.5 Å². The van der Waals surface area contributed by atoms with E-state index < -0.39 is 7.14 Å². The Kier molecular flexibility index (Phi) is 5.81. The molecule has 1 aliphatic heterocycles. The van der Waals surface area contributed by atoms with Gasteiger partial charge in [-0.1, -0.05) is 24.1 Å². The van der Waals surface area contributed by atoms with E-state index in [1.165, 1.54) is 24.8 Å². The van der Waals surface area contributed by atoms with Crippen molar-refractivity contribution in [1.29, 1.82) is 0 Å². The molecule has 0 bridgehead atoms. The first-order chi connectivity index (χ1) is 15.3. The van der Waals surface area contributed by atoms with Gasteiger partial charge in [-0.3, -0.25) is 4.57 Å². The van der Waals surface area contributed by atoms with Crippen LogP contribution in [0.1, 0.15) is 62.1 Å². The molecule has 32 heavy (non-hydrogen) atoms. The molecular weight excluding hydrogens is 443 g/mol. The fourth-order valence-corrected chi connectivity index (χ4v) is 6.11. The van der Waals surface area contributed by atoms with Gasteiger partial charge in [-0.25, -0.2) is 9.97 Å². The average Bonchev–Trinajstić information content (AvgIpc) is 3.03. The zero-order valence-electron chi connectivity index (χ0n) is 18.9. The summed E-state index contributed by atoms with van der Waals surface area (Å²) < 4.78 is 21.2. The molecule has 1 aliphatic carbocycles. The monoisotopic (exact) mass is 472 g/mol. The molecular formula is C24H30ClN4O2P. The minimum absolute atomic E-state index is 0.0728. The standard InChI is InChI=1S/C24H30ClN4O2P/c1-15-26-23-19(14-21(25)28-24(23)29(15)22-9-4-5-12-31-22)27-18-11-10-17(16-7-6-8-16)13-20(18)32(2,3)30/h10-11,13-14,16,22H,4-9,12H2,1-3H3,(H,27,28). The molecule has 170 valence electrons. The highest BCUT2D eigenvalue weighted by Gasteiger charge is 2.26. The maximum atomic E-state index is 13.2. The number of rotatable bonds is 5. The average molecular weight is 473 g/mol.